The summed E-state index contributed by atoms with van der Waals surface area (Å²) in [5.74, 6) is -0.488. The Balaban J connectivity index is 1.90. The summed E-state index contributed by atoms with van der Waals surface area (Å²) in [6, 6.07) is 7.56. The van der Waals surface area contributed by atoms with Gasteiger partial charge in [0.2, 0.25) is 5.91 Å². The molecule has 6 nitrogen and oxygen atoms in total. The third-order valence-corrected chi connectivity index (χ3v) is 4.59. The molecule has 1 atom stereocenters. The molecule has 1 aromatic heterocycles. The van der Waals surface area contributed by atoms with Gasteiger partial charge in [-0.05, 0) is 25.3 Å². The first kappa shape index (κ1) is 16.5. The molecular formula is C18H22N2O4. The third kappa shape index (κ3) is 3.01. The SMILES string of the molecule is CCc1c(C(=O)N2CCCC(O)(CC(N)=O)C2)oc2ccccc12. The monoisotopic (exact) mass is 330 g/mol. The van der Waals surface area contributed by atoms with E-state index in [4.69, 9.17) is 10.2 Å². The van der Waals surface area contributed by atoms with Gasteiger partial charge in [-0.15, -0.1) is 0 Å². The van der Waals surface area contributed by atoms with Crippen molar-refractivity contribution in [2.24, 2.45) is 5.73 Å². The lowest BCUT2D eigenvalue weighted by Crippen LogP contribution is -2.51. The molecular weight excluding hydrogens is 308 g/mol. The second-order valence-corrected chi connectivity index (χ2v) is 6.46. The quantitative estimate of drug-likeness (QED) is 0.894. The molecule has 1 unspecified atom stereocenters. The van der Waals surface area contributed by atoms with Gasteiger partial charge in [0.15, 0.2) is 5.76 Å². The molecule has 3 N–H and O–H groups in total. The Labute approximate surface area is 140 Å². The zero-order valence-corrected chi connectivity index (χ0v) is 13.7. The summed E-state index contributed by atoms with van der Waals surface area (Å²) in [5.41, 5.74) is 5.52. The van der Waals surface area contributed by atoms with Crippen molar-refractivity contribution in [2.45, 2.75) is 38.2 Å². The van der Waals surface area contributed by atoms with Gasteiger partial charge < -0.3 is 20.2 Å². The number of piperidine rings is 1. The highest BCUT2D eigenvalue weighted by Gasteiger charge is 2.38. The van der Waals surface area contributed by atoms with Crippen LogP contribution in [0.3, 0.4) is 0 Å². The van der Waals surface area contributed by atoms with Crippen LogP contribution in [-0.2, 0) is 11.2 Å². The molecule has 2 aromatic rings. The number of carbonyl (C=O) groups excluding carboxylic acids is 2. The zero-order chi connectivity index (χ0) is 17.3. The average molecular weight is 330 g/mol. The van der Waals surface area contributed by atoms with Crippen LogP contribution < -0.4 is 5.73 Å². The summed E-state index contributed by atoms with van der Waals surface area (Å²) in [6.45, 7) is 2.60. The van der Waals surface area contributed by atoms with E-state index in [1.165, 1.54) is 0 Å². The predicted octanol–water partition coefficient (Wildman–Crippen LogP) is 1.84. The summed E-state index contributed by atoms with van der Waals surface area (Å²) in [4.78, 5) is 25.7. The number of benzene rings is 1. The number of amides is 2. The topological polar surface area (TPSA) is 96.8 Å². The molecule has 0 bridgehead atoms. The van der Waals surface area contributed by atoms with Gasteiger partial charge in [-0.25, -0.2) is 0 Å². The Hall–Kier alpha value is -2.34. The van der Waals surface area contributed by atoms with Crippen molar-refractivity contribution in [2.75, 3.05) is 13.1 Å². The Bertz CT molecular complexity index is 782. The van der Waals surface area contributed by atoms with Crippen molar-refractivity contribution < 1.29 is 19.1 Å². The summed E-state index contributed by atoms with van der Waals surface area (Å²) in [7, 11) is 0. The number of hydrogen-bond donors (Lipinski definition) is 2. The maximum atomic E-state index is 12.9. The van der Waals surface area contributed by atoms with Crippen LogP contribution in [0, 0.1) is 0 Å². The number of β-amino-alcohol motifs (C(OH)–C–C–N with tert-alkyl or cyclic N) is 1. The van der Waals surface area contributed by atoms with Crippen molar-refractivity contribution in [1.29, 1.82) is 0 Å². The largest absolute Gasteiger partial charge is 0.451 e. The molecule has 0 radical (unpaired) electrons. The van der Waals surface area contributed by atoms with Gasteiger partial charge in [0.05, 0.1) is 18.6 Å². The lowest BCUT2D eigenvalue weighted by molar-refractivity contribution is -0.125. The smallest absolute Gasteiger partial charge is 0.289 e. The normalized spacial score (nSPS) is 21.2. The number of nitrogens with two attached hydrogens (primary N) is 1. The van der Waals surface area contributed by atoms with Crippen LogP contribution >= 0.6 is 0 Å². The van der Waals surface area contributed by atoms with Gasteiger partial charge >= 0.3 is 0 Å². The number of hydrogen-bond acceptors (Lipinski definition) is 4. The first-order valence-electron chi connectivity index (χ1n) is 8.24. The summed E-state index contributed by atoms with van der Waals surface area (Å²) >= 11 is 0. The first-order chi connectivity index (χ1) is 11.4. The lowest BCUT2D eigenvalue weighted by atomic mass is 9.89. The Morgan fingerprint density at radius 3 is 2.83 bits per heavy atom. The minimum absolute atomic E-state index is 0.0922. The number of rotatable bonds is 4. The van der Waals surface area contributed by atoms with E-state index < -0.39 is 11.5 Å². The molecule has 1 aliphatic heterocycles. The fourth-order valence-electron chi connectivity index (χ4n) is 3.52. The number of nitrogens with zero attached hydrogens (tertiary/aromatic N) is 1. The van der Waals surface area contributed by atoms with Crippen LogP contribution in [0.2, 0.25) is 0 Å². The maximum absolute atomic E-state index is 12.9. The summed E-state index contributed by atoms with van der Waals surface area (Å²) < 4.78 is 5.79. The number of furan rings is 1. The molecule has 6 heteroatoms. The van der Waals surface area contributed by atoms with E-state index in [1.807, 2.05) is 31.2 Å². The highest BCUT2D eigenvalue weighted by molar-refractivity contribution is 5.99. The Morgan fingerprint density at radius 1 is 1.38 bits per heavy atom. The van der Waals surface area contributed by atoms with Gasteiger partial charge in [-0.1, -0.05) is 25.1 Å². The predicted molar refractivity (Wildman–Crippen MR) is 89.5 cm³/mol. The molecule has 3 rings (SSSR count). The molecule has 1 aromatic carbocycles. The van der Waals surface area contributed by atoms with Crippen LogP contribution in [0.4, 0.5) is 0 Å². The van der Waals surface area contributed by atoms with Crippen LogP contribution in [-0.4, -0.2) is 40.5 Å². The summed E-state index contributed by atoms with van der Waals surface area (Å²) in [5, 5.41) is 11.5. The van der Waals surface area contributed by atoms with Gasteiger partial charge in [-0.2, -0.15) is 0 Å². The van der Waals surface area contributed by atoms with E-state index >= 15 is 0 Å². The van der Waals surface area contributed by atoms with E-state index in [1.54, 1.807) is 4.90 Å². The van der Waals surface area contributed by atoms with E-state index in [2.05, 4.69) is 0 Å². The molecule has 24 heavy (non-hydrogen) atoms. The Morgan fingerprint density at radius 2 is 2.12 bits per heavy atom. The number of aryl methyl sites for hydroxylation is 1. The second kappa shape index (κ2) is 6.28. The zero-order valence-electron chi connectivity index (χ0n) is 13.7. The molecule has 1 fully saturated rings. The molecule has 2 heterocycles. The first-order valence-corrected chi connectivity index (χ1v) is 8.24. The van der Waals surface area contributed by atoms with Crippen molar-refractivity contribution in [3.05, 3.63) is 35.6 Å². The van der Waals surface area contributed by atoms with Crippen molar-refractivity contribution >= 4 is 22.8 Å². The number of aliphatic hydroxyl groups is 1. The lowest BCUT2D eigenvalue weighted by Gasteiger charge is -2.38. The molecule has 1 aliphatic rings. The molecule has 0 saturated carbocycles. The number of primary amides is 1. The fraction of sp³-hybridized carbons (Fsp3) is 0.444. The van der Waals surface area contributed by atoms with Crippen LogP contribution in [0.25, 0.3) is 11.0 Å². The molecule has 128 valence electrons. The standard InChI is InChI=1S/C18H22N2O4/c1-2-12-13-6-3-4-7-14(13)24-16(12)17(22)20-9-5-8-18(23,11-20)10-15(19)21/h3-4,6-7,23H,2,5,8-11H2,1H3,(H2,19,21). The highest BCUT2D eigenvalue weighted by atomic mass is 16.3. The minimum Gasteiger partial charge on any atom is -0.451 e. The van der Waals surface area contributed by atoms with E-state index in [-0.39, 0.29) is 18.9 Å². The van der Waals surface area contributed by atoms with Crippen LogP contribution in [0.15, 0.2) is 28.7 Å². The van der Waals surface area contributed by atoms with Crippen LogP contribution in [0.5, 0.6) is 0 Å². The number of para-hydroxylation sites is 1. The van der Waals surface area contributed by atoms with Crippen molar-refractivity contribution in [3.8, 4) is 0 Å². The number of likely N-dealkylation sites (tertiary alicyclic amines) is 1. The van der Waals surface area contributed by atoms with Crippen LogP contribution in [0.1, 0.15) is 42.3 Å². The van der Waals surface area contributed by atoms with Crippen molar-refractivity contribution in [3.63, 3.8) is 0 Å². The van der Waals surface area contributed by atoms with E-state index in [0.717, 1.165) is 10.9 Å². The Kier molecular flexibility index (Phi) is 4.32. The molecule has 0 spiro atoms. The molecule has 1 saturated heterocycles. The van der Waals surface area contributed by atoms with E-state index in [0.29, 0.717) is 37.2 Å². The van der Waals surface area contributed by atoms with Crippen molar-refractivity contribution in [1.82, 2.24) is 4.90 Å². The maximum Gasteiger partial charge on any atom is 0.289 e. The average Bonchev–Trinajstić information content (AvgIpc) is 2.91. The summed E-state index contributed by atoms with van der Waals surface area (Å²) in [6.07, 6.45) is 1.62. The number of fused-ring (bicyclic) bond motifs is 1. The van der Waals surface area contributed by atoms with Gasteiger partial charge in [0.25, 0.3) is 5.91 Å². The molecule has 0 aliphatic carbocycles. The van der Waals surface area contributed by atoms with E-state index in [9.17, 15) is 14.7 Å². The minimum atomic E-state index is -1.25. The highest BCUT2D eigenvalue weighted by Crippen LogP contribution is 2.30. The fourth-order valence-corrected chi connectivity index (χ4v) is 3.52. The van der Waals surface area contributed by atoms with Gasteiger partial charge in [-0.3, -0.25) is 9.59 Å². The van der Waals surface area contributed by atoms with Gasteiger partial charge in [0, 0.05) is 17.5 Å². The second-order valence-electron chi connectivity index (χ2n) is 6.46. The third-order valence-electron chi connectivity index (χ3n) is 4.59. The molecule has 2 amide bonds. The number of carbonyl (C=O) groups is 2. The van der Waals surface area contributed by atoms with Gasteiger partial charge in [0.1, 0.15) is 5.58 Å².